The van der Waals surface area contributed by atoms with E-state index in [1.807, 2.05) is 13.8 Å². The standard InChI is InChI=1S/C19H21F3N2O4S/c1-13(2)28-17-10-6-15(7-11-17)23-18(25)12-24(29(3,26)27)16-8-4-14(5-9-16)19(20,21)22/h4-11,13H,12H2,1-3H3,(H,23,25). The lowest BCUT2D eigenvalue weighted by Gasteiger charge is -2.22. The summed E-state index contributed by atoms with van der Waals surface area (Å²) in [6, 6.07) is 10.0. The fraction of sp³-hybridized carbons (Fsp3) is 0.316. The second-order valence-corrected chi connectivity index (χ2v) is 8.46. The van der Waals surface area contributed by atoms with Crippen molar-refractivity contribution in [3.63, 3.8) is 0 Å². The molecule has 0 radical (unpaired) electrons. The normalized spacial score (nSPS) is 12.0. The molecule has 0 aliphatic rings. The van der Waals surface area contributed by atoms with Crippen molar-refractivity contribution in [1.29, 1.82) is 0 Å². The third-order valence-electron chi connectivity index (χ3n) is 3.68. The monoisotopic (exact) mass is 430 g/mol. The van der Waals surface area contributed by atoms with Crippen molar-refractivity contribution in [3.8, 4) is 5.75 Å². The number of sulfonamides is 1. The number of nitrogens with zero attached hydrogens (tertiary/aromatic N) is 1. The van der Waals surface area contributed by atoms with Gasteiger partial charge in [0.05, 0.1) is 23.6 Å². The topological polar surface area (TPSA) is 75.7 Å². The van der Waals surface area contributed by atoms with E-state index in [0.29, 0.717) is 11.4 Å². The highest BCUT2D eigenvalue weighted by Crippen LogP contribution is 2.31. The maximum atomic E-state index is 12.7. The summed E-state index contributed by atoms with van der Waals surface area (Å²) in [6.07, 6.45) is -3.68. The highest BCUT2D eigenvalue weighted by Gasteiger charge is 2.30. The van der Waals surface area contributed by atoms with Gasteiger partial charge in [-0.25, -0.2) is 8.42 Å². The van der Waals surface area contributed by atoms with Gasteiger partial charge in [0.1, 0.15) is 12.3 Å². The van der Waals surface area contributed by atoms with Crippen LogP contribution in [-0.4, -0.2) is 33.2 Å². The Kier molecular flexibility index (Phi) is 6.78. The number of hydrogen-bond donors (Lipinski definition) is 1. The minimum Gasteiger partial charge on any atom is -0.491 e. The van der Waals surface area contributed by atoms with Crippen LogP contribution in [-0.2, 0) is 21.0 Å². The van der Waals surface area contributed by atoms with Crippen molar-refractivity contribution in [2.45, 2.75) is 26.1 Å². The summed E-state index contributed by atoms with van der Waals surface area (Å²) in [5, 5.41) is 2.55. The summed E-state index contributed by atoms with van der Waals surface area (Å²) in [4.78, 5) is 12.3. The van der Waals surface area contributed by atoms with Gasteiger partial charge in [-0.1, -0.05) is 0 Å². The fourth-order valence-electron chi connectivity index (χ4n) is 2.44. The molecule has 158 valence electrons. The highest BCUT2D eigenvalue weighted by molar-refractivity contribution is 7.92. The van der Waals surface area contributed by atoms with Crippen molar-refractivity contribution in [3.05, 3.63) is 54.1 Å². The first-order chi connectivity index (χ1) is 13.4. The molecular formula is C19H21F3N2O4S. The molecule has 0 unspecified atom stereocenters. The van der Waals surface area contributed by atoms with Crippen molar-refractivity contribution in [1.82, 2.24) is 0 Å². The zero-order chi connectivity index (χ0) is 21.8. The van der Waals surface area contributed by atoms with E-state index in [1.54, 1.807) is 24.3 Å². The number of carbonyl (C=O) groups excluding carboxylic acids is 1. The summed E-state index contributed by atoms with van der Waals surface area (Å²) < 4.78 is 68.4. The predicted molar refractivity (Wildman–Crippen MR) is 104 cm³/mol. The van der Waals surface area contributed by atoms with Crippen LogP contribution < -0.4 is 14.4 Å². The first-order valence-corrected chi connectivity index (χ1v) is 10.4. The van der Waals surface area contributed by atoms with Crippen LogP contribution >= 0.6 is 0 Å². The van der Waals surface area contributed by atoms with Gasteiger partial charge < -0.3 is 10.1 Å². The number of benzene rings is 2. The van der Waals surface area contributed by atoms with E-state index >= 15 is 0 Å². The van der Waals surface area contributed by atoms with Gasteiger partial charge in [0.2, 0.25) is 15.9 Å². The molecular weight excluding hydrogens is 409 g/mol. The molecule has 1 N–H and O–H groups in total. The zero-order valence-corrected chi connectivity index (χ0v) is 16.8. The molecule has 2 aromatic carbocycles. The largest absolute Gasteiger partial charge is 0.491 e. The number of nitrogens with one attached hydrogen (secondary N) is 1. The van der Waals surface area contributed by atoms with Gasteiger partial charge in [0.15, 0.2) is 0 Å². The van der Waals surface area contributed by atoms with Crippen LogP contribution in [0.15, 0.2) is 48.5 Å². The second-order valence-electron chi connectivity index (χ2n) is 6.55. The third kappa shape index (κ3) is 6.67. The predicted octanol–water partition coefficient (Wildman–Crippen LogP) is 3.90. The van der Waals surface area contributed by atoms with Gasteiger partial charge in [0.25, 0.3) is 0 Å². The molecule has 0 heterocycles. The van der Waals surface area contributed by atoms with Crippen LogP contribution in [0.4, 0.5) is 24.5 Å². The molecule has 2 rings (SSSR count). The maximum Gasteiger partial charge on any atom is 0.416 e. The van der Waals surface area contributed by atoms with E-state index in [-0.39, 0.29) is 11.8 Å². The quantitative estimate of drug-likeness (QED) is 0.723. The number of rotatable bonds is 7. The Morgan fingerprint density at radius 1 is 1.07 bits per heavy atom. The number of hydrogen-bond acceptors (Lipinski definition) is 4. The van der Waals surface area contributed by atoms with E-state index in [9.17, 15) is 26.4 Å². The molecule has 0 bridgehead atoms. The third-order valence-corrected chi connectivity index (χ3v) is 4.82. The lowest BCUT2D eigenvalue weighted by molar-refractivity contribution is -0.137. The van der Waals surface area contributed by atoms with Gasteiger partial charge in [0, 0.05) is 5.69 Å². The van der Waals surface area contributed by atoms with Crippen molar-refractivity contribution in [2.75, 3.05) is 22.4 Å². The zero-order valence-electron chi connectivity index (χ0n) is 16.0. The summed E-state index contributed by atoms with van der Waals surface area (Å²) in [5.41, 5.74) is -0.536. The Hall–Kier alpha value is -2.75. The molecule has 0 aliphatic heterocycles. The van der Waals surface area contributed by atoms with Gasteiger partial charge in [-0.15, -0.1) is 0 Å². The van der Waals surface area contributed by atoms with Gasteiger partial charge in [-0.3, -0.25) is 9.10 Å². The fourth-order valence-corrected chi connectivity index (χ4v) is 3.29. The molecule has 0 fully saturated rings. The first-order valence-electron chi connectivity index (χ1n) is 8.58. The Balaban J connectivity index is 2.13. The molecule has 29 heavy (non-hydrogen) atoms. The first kappa shape index (κ1) is 22.5. The lowest BCUT2D eigenvalue weighted by Crippen LogP contribution is -2.37. The van der Waals surface area contributed by atoms with E-state index in [0.717, 1.165) is 34.8 Å². The van der Waals surface area contributed by atoms with Gasteiger partial charge in [-0.2, -0.15) is 13.2 Å². The summed E-state index contributed by atoms with van der Waals surface area (Å²) >= 11 is 0. The SMILES string of the molecule is CC(C)Oc1ccc(NC(=O)CN(c2ccc(C(F)(F)F)cc2)S(C)(=O)=O)cc1. The number of ether oxygens (including phenoxy) is 1. The molecule has 0 aliphatic carbocycles. The summed E-state index contributed by atoms with van der Waals surface area (Å²) in [7, 11) is -3.90. The summed E-state index contributed by atoms with van der Waals surface area (Å²) in [5.74, 6) is -0.0339. The Labute approximate surface area is 167 Å². The smallest absolute Gasteiger partial charge is 0.416 e. The van der Waals surface area contributed by atoms with E-state index in [2.05, 4.69) is 5.32 Å². The average molecular weight is 430 g/mol. The minimum absolute atomic E-state index is 0.0116. The number of halogens is 3. The minimum atomic E-state index is -4.54. The van der Waals surface area contributed by atoms with Crippen molar-refractivity contribution in [2.24, 2.45) is 0 Å². The molecule has 2 aromatic rings. The van der Waals surface area contributed by atoms with Crippen LogP contribution in [0.3, 0.4) is 0 Å². The highest BCUT2D eigenvalue weighted by atomic mass is 32.2. The van der Waals surface area contributed by atoms with Crippen LogP contribution in [0, 0.1) is 0 Å². The van der Waals surface area contributed by atoms with E-state index in [1.165, 1.54) is 0 Å². The average Bonchev–Trinajstić information content (AvgIpc) is 2.59. The molecule has 1 amide bonds. The Morgan fingerprint density at radius 3 is 2.07 bits per heavy atom. The molecule has 6 nitrogen and oxygen atoms in total. The second kappa shape index (κ2) is 8.73. The molecule has 0 atom stereocenters. The van der Waals surface area contributed by atoms with E-state index < -0.39 is 34.2 Å². The van der Waals surface area contributed by atoms with Crippen molar-refractivity contribution < 1.29 is 31.1 Å². The van der Waals surface area contributed by atoms with Crippen LogP contribution in [0.25, 0.3) is 0 Å². The van der Waals surface area contributed by atoms with Crippen LogP contribution in [0.5, 0.6) is 5.75 Å². The molecule has 0 saturated heterocycles. The number of alkyl halides is 3. The molecule has 0 saturated carbocycles. The number of carbonyl (C=O) groups is 1. The lowest BCUT2D eigenvalue weighted by atomic mass is 10.2. The number of anilines is 2. The van der Waals surface area contributed by atoms with Crippen LogP contribution in [0.1, 0.15) is 19.4 Å². The Morgan fingerprint density at radius 2 is 1.62 bits per heavy atom. The Bertz CT molecular complexity index is 941. The molecule has 10 heteroatoms. The molecule has 0 aromatic heterocycles. The van der Waals surface area contributed by atoms with Gasteiger partial charge >= 0.3 is 6.18 Å². The van der Waals surface area contributed by atoms with Gasteiger partial charge in [-0.05, 0) is 62.4 Å². The summed E-state index contributed by atoms with van der Waals surface area (Å²) in [6.45, 7) is 3.15. The van der Waals surface area contributed by atoms with E-state index in [4.69, 9.17) is 4.74 Å². The maximum absolute atomic E-state index is 12.7. The number of amides is 1. The molecule has 0 spiro atoms. The van der Waals surface area contributed by atoms with Crippen molar-refractivity contribution >= 4 is 27.3 Å². The van der Waals surface area contributed by atoms with Crippen LogP contribution in [0.2, 0.25) is 0 Å².